The molecule has 1 atom stereocenters. The number of nitrogens with one attached hydrogen (secondary N) is 1. The molecule has 19 heavy (non-hydrogen) atoms. The van der Waals surface area contributed by atoms with Gasteiger partial charge in [0.25, 0.3) is 0 Å². The Labute approximate surface area is 109 Å². The van der Waals surface area contributed by atoms with Crippen LogP contribution in [0, 0.1) is 11.6 Å². The molecule has 0 aliphatic heterocycles. The average Bonchev–Trinajstić information content (AvgIpc) is 2.42. The third-order valence-electron chi connectivity index (χ3n) is 2.63. The summed E-state index contributed by atoms with van der Waals surface area (Å²) in [5, 5.41) is 2.33. The van der Waals surface area contributed by atoms with Gasteiger partial charge in [0.15, 0.2) is 0 Å². The first-order valence-corrected chi connectivity index (χ1v) is 5.64. The van der Waals surface area contributed by atoms with Crippen molar-refractivity contribution >= 4 is 11.6 Å². The van der Waals surface area contributed by atoms with E-state index < -0.39 is 23.6 Å². The zero-order valence-corrected chi connectivity index (χ0v) is 9.94. The van der Waals surface area contributed by atoms with Gasteiger partial charge in [0, 0.05) is 6.07 Å². The molecule has 0 fully saturated rings. The molecule has 0 unspecified atom stereocenters. The summed E-state index contributed by atoms with van der Waals surface area (Å²) in [5.74, 6) is -2.10. The van der Waals surface area contributed by atoms with Crippen LogP contribution in [0.3, 0.4) is 0 Å². The van der Waals surface area contributed by atoms with Crippen molar-refractivity contribution in [1.82, 2.24) is 0 Å². The molecule has 5 heteroatoms. The van der Waals surface area contributed by atoms with Crippen molar-refractivity contribution in [2.24, 2.45) is 5.73 Å². The zero-order chi connectivity index (χ0) is 13.8. The zero-order valence-electron chi connectivity index (χ0n) is 9.94. The summed E-state index contributed by atoms with van der Waals surface area (Å²) >= 11 is 0. The van der Waals surface area contributed by atoms with Gasteiger partial charge >= 0.3 is 0 Å². The molecule has 3 N–H and O–H groups in total. The van der Waals surface area contributed by atoms with Crippen molar-refractivity contribution in [1.29, 1.82) is 0 Å². The minimum atomic E-state index is -0.911. The Bertz CT molecular complexity index is 587. The van der Waals surface area contributed by atoms with Gasteiger partial charge in [-0.1, -0.05) is 30.3 Å². The van der Waals surface area contributed by atoms with E-state index in [0.29, 0.717) is 11.6 Å². The second-order valence-electron chi connectivity index (χ2n) is 4.00. The van der Waals surface area contributed by atoms with Gasteiger partial charge in [-0.2, -0.15) is 0 Å². The predicted octanol–water partition coefficient (Wildman–Crippen LogP) is 2.60. The van der Waals surface area contributed by atoms with Gasteiger partial charge in [0.1, 0.15) is 17.7 Å². The topological polar surface area (TPSA) is 55.1 Å². The molecule has 0 aliphatic carbocycles. The first-order valence-electron chi connectivity index (χ1n) is 5.64. The quantitative estimate of drug-likeness (QED) is 0.893. The Morgan fingerprint density at radius 1 is 1.11 bits per heavy atom. The summed E-state index contributed by atoms with van der Waals surface area (Å²) in [6.45, 7) is 0. The summed E-state index contributed by atoms with van der Waals surface area (Å²) < 4.78 is 26.1. The maximum Gasteiger partial charge on any atom is 0.245 e. The van der Waals surface area contributed by atoms with Crippen LogP contribution in [-0.4, -0.2) is 5.91 Å². The van der Waals surface area contributed by atoms with E-state index >= 15 is 0 Å². The normalized spacial score (nSPS) is 11.9. The van der Waals surface area contributed by atoms with E-state index in [2.05, 4.69) is 5.32 Å². The number of hydrogen-bond acceptors (Lipinski definition) is 2. The lowest BCUT2D eigenvalue weighted by molar-refractivity contribution is -0.117. The smallest absolute Gasteiger partial charge is 0.245 e. The number of carbonyl (C=O) groups is 1. The van der Waals surface area contributed by atoms with Gasteiger partial charge in [-0.05, 0) is 17.7 Å². The Morgan fingerprint density at radius 2 is 1.79 bits per heavy atom. The standard InChI is InChI=1S/C14H12F2N2O/c15-10-6-7-12(11(16)8-10)18-14(19)13(17)9-4-2-1-3-5-9/h1-8,13H,17H2,(H,18,19)/t13-/m1/s1. The Hall–Kier alpha value is -2.27. The highest BCUT2D eigenvalue weighted by Gasteiger charge is 2.17. The molecule has 0 saturated carbocycles. The van der Waals surface area contributed by atoms with E-state index in [4.69, 9.17) is 5.73 Å². The fraction of sp³-hybridized carbons (Fsp3) is 0.0714. The van der Waals surface area contributed by atoms with E-state index in [1.54, 1.807) is 30.3 Å². The second-order valence-corrected chi connectivity index (χ2v) is 4.00. The maximum absolute atomic E-state index is 13.4. The van der Waals surface area contributed by atoms with Crippen molar-refractivity contribution in [2.75, 3.05) is 5.32 Å². The van der Waals surface area contributed by atoms with Crippen LogP contribution in [0.5, 0.6) is 0 Å². The number of benzene rings is 2. The largest absolute Gasteiger partial charge is 0.322 e. The first-order chi connectivity index (χ1) is 9.08. The lowest BCUT2D eigenvalue weighted by Crippen LogP contribution is -2.28. The van der Waals surface area contributed by atoms with E-state index in [0.717, 1.165) is 12.1 Å². The fourth-order valence-corrected chi connectivity index (χ4v) is 1.61. The summed E-state index contributed by atoms with van der Waals surface area (Å²) in [5.41, 5.74) is 6.27. The van der Waals surface area contributed by atoms with Gasteiger partial charge in [-0.3, -0.25) is 4.79 Å². The van der Waals surface area contributed by atoms with E-state index in [-0.39, 0.29) is 5.69 Å². The van der Waals surface area contributed by atoms with E-state index in [1.807, 2.05) is 0 Å². The predicted molar refractivity (Wildman–Crippen MR) is 68.4 cm³/mol. The molecule has 2 aromatic rings. The Balaban J connectivity index is 2.13. The summed E-state index contributed by atoms with van der Waals surface area (Å²) in [7, 11) is 0. The lowest BCUT2D eigenvalue weighted by atomic mass is 10.1. The van der Waals surface area contributed by atoms with Crippen molar-refractivity contribution in [3.05, 3.63) is 65.7 Å². The molecule has 0 spiro atoms. The van der Waals surface area contributed by atoms with Gasteiger partial charge in [-0.25, -0.2) is 8.78 Å². The van der Waals surface area contributed by atoms with E-state index in [9.17, 15) is 13.6 Å². The van der Waals surface area contributed by atoms with Crippen LogP contribution >= 0.6 is 0 Å². The molecule has 0 bridgehead atoms. The molecule has 0 radical (unpaired) electrons. The highest BCUT2D eigenvalue weighted by atomic mass is 19.1. The van der Waals surface area contributed by atoms with Crippen LogP contribution < -0.4 is 11.1 Å². The molecule has 0 heterocycles. The van der Waals surface area contributed by atoms with E-state index in [1.165, 1.54) is 0 Å². The second kappa shape index (κ2) is 5.58. The maximum atomic E-state index is 13.4. The molecule has 1 amide bonds. The molecular formula is C14H12F2N2O. The van der Waals surface area contributed by atoms with Crippen molar-refractivity contribution in [2.45, 2.75) is 6.04 Å². The van der Waals surface area contributed by atoms with Crippen LogP contribution in [0.25, 0.3) is 0 Å². The highest BCUT2D eigenvalue weighted by molar-refractivity contribution is 5.95. The summed E-state index contributed by atoms with van der Waals surface area (Å²) in [4.78, 5) is 11.9. The molecule has 2 rings (SSSR count). The molecule has 3 nitrogen and oxygen atoms in total. The SMILES string of the molecule is N[C@@H](C(=O)Nc1ccc(F)cc1F)c1ccccc1. The fourth-order valence-electron chi connectivity index (χ4n) is 1.61. The van der Waals surface area contributed by atoms with Crippen LogP contribution in [0.4, 0.5) is 14.5 Å². The van der Waals surface area contributed by atoms with Crippen LogP contribution in [0.1, 0.15) is 11.6 Å². The molecule has 2 aromatic carbocycles. The number of hydrogen-bond donors (Lipinski definition) is 2. The number of amides is 1. The van der Waals surface area contributed by atoms with Gasteiger partial charge < -0.3 is 11.1 Å². The monoisotopic (exact) mass is 262 g/mol. The lowest BCUT2D eigenvalue weighted by Gasteiger charge is -2.13. The molecular weight excluding hydrogens is 250 g/mol. The number of rotatable bonds is 3. The average molecular weight is 262 g/mol. The molecule has 0 saturated heterocycles. The molecule has 98 valence electrons. The van der Waals surface area contributed by atoms with Gasteiger partial charge in [0.2, 0.25) is 5.91 Å². The minimum Gasteiger partial charge on any atom is -0.322 e. The van der Waals surface area contributed by atoms with Crippen molar-refractivity contribution in [3.8, 4) is 0 Å². The number of nitrogens with two attached hydrogens (primary N) is 1. The van der Waals surface area contributed by atoms with Gasteiger partial charge in [-0.15, -0.1) is 0 Å². The number of halogens is 2. The van der Waals surface area contributed by atoms with Crippen molar-refractivity contribution < 1.29 is 13.6 Å². The molecule has 0 aliphatic rings. The van der Waals surface area contributed by atoms with Gasteiger partial charge in [0.05, 0.1) is 5.69 Å². The molecule has 0 aromatic heterocycles. The minimum absolute atomic E-state index is 0.0993. The van der Waals surface area contributed by atoms with Crippen LogP contribution in [-0.2, 0) is 4.79 Å². The third-order valence-corrected chi connectivity index (χ3v) is 2.63. The summed E-state index contributed by atoms with van der Waals surface area (Å²) in [6.07, 6.45) is 0. The Morgan fingerprint density at radius 3 is 2.42 bits per heavy atom. The number of anilines is 1. The highest BCUT2D eigenvalue weighted by Crippen LogP contribution is 2.17. The Kier molecular flexibility index (Phi) is 3.87. The van der Waals surface area contributed by atoms with Crippen LogP contribution in [0.15, 0.2) is 48.5 Å². The third kappa shape index (κ3) is 3.14. The van der Waals surface area contributed by atoms with Crippen molar-refractivity contribution in [3.63, 3.8) is 0 Å². The summed E-state index contributed by atoms with van der Waals surface area (Å²) in [6, 6.07) is 10.7. The number of carbonyl (C=O) groups excluding carboxylic acids is 1. The first kappa shape index (κ1) is 13.2. The van der Waals surface area contributed by atoms with Crippen LogP contribution in [0.2, 0.25) is 0 Å².